The molecule has 3 aromatic carbocycles. The van der Waals surface area contributed by atoms with E-state index in [0.717, 1.165) is 89.4 Å². The summed E-state index contributed by atoms with van der Waals surface area (Å²) in [6.45, 7) is 2.87. The van der Waals surface area contributed by atoms with E-state index >= 15 is 0 Å². The molecular weight excluding hydrogens is 602 g/mol. The fourth-order valence-corrected chi connectivity index (χ4v) is 6.26. The van der Waals surface area contributed by atoms with Gasteiger partial charge in [0.25, 0.3) is 0 Å². The van der Waals surface area contributed by atoms with Gasteiger partial charge in [-0.3, -0.25) is 4.79 Å². The maximum absolute atomic E-state index is 11.7. The topological polar surface area (TPSA) is 66.8 Å². The monoisotopic (exact) mass is 643 g/mol. The molecule has 0 saturated carbocycles. The fraction of sp³-hybridized carbons (Fsp3) is 0.351. The smallest absolute Gasteiger partial charge is 0.335 e. The van der Waals surface area contributed by atoms with Gasteiger partial charge in [-0.2, -0.15) is 0 Å². The summed E-state index contributed by atoms with van der Waals surface area (Å²) >= 11 is 3.77. The van der Waals surface area contributed by atoms with Crippen molar-refractivity contribution in [3.05, 3.63) is 111 Å². The van der Waals surface area contributed by atoms with Crippen LogP contribution in [-0.4, -0.2) is 42.6 Å². The van der Waals surface area contributed by atoms with E-state index in [9.17, 15) is 14.7 Å². The van der Waals surface area contributed by atoms with Gasteiger partial charge in [-0.05, 0) is 121 Å². The zero-order chi connectivity index (χ0) is 30.8. The first-order valence-corrected chi connectivity index (χ1v) is 16.0. The molecule has 0 aliphatic heterocycles. The number of hydrogen-bond donors (Lipinski definition) is 1. The van der Waals surface area contributed by atoms with Gasteiger partial charge in [-0.15, -0.1) is 0 Å². The van der Waals surface area contributed by atoms with Crippen molar-refractivity contribution in [1.82, 2.24) is 4.90 Å². The summed E-state index contributed by atoms with van der Waals surface area (Å²) in [4.78, 5) is 25.0. The first-order valence-electron chi connectivity index (χ1n) is 15.2. The summed E-state index contributed by atoms with van der Waals surface area (Å²) in [5.41, 5.74) is 7.14. The number of carboxylic acid groups (broad SMARTS) is 1. The molecule has 1 amide bonds. The SMILES string of the molecule is CCC[C@@H](CCC/C=C/C(=O)N(C)C)COc1ccc(C2=C(c3ccccc3Br)CCCc3cc(C(=O)O)ccc32)cc1. The Bertz CT molecular complexity index is 1470. The van der Waals surface area contributed by atoms with Crippen molar-refractivity contribution in [2.45, 2.75) is 58.3 Å². The fourth-order valence-electron chi connectivity index (χ4n) is 5.73. The van der Waals surface area contributed by atoms with Gasteiger partial charge in [0.15, 0.2) is 0 Å². The van der Waals surface area contributed by atoms with Crippen LogP contribution in [0.1, 0.15) is 84.5 Å². The third-order valence-corrected chi connectivity index (χ3v) is 8.70. The van der Waals surface area contributed by atoms with E-state index in [1.165, 1.54) is 5.57 Å². The predicted octanol–water partition coefficient (Wildman–Crippen LogP) is 9.05. The van der Waals surface area contributed by atoms with Crippen molar-refractivity contribution in [2.24, 2.45) is 5.92 Å². The number of hydrogen-bond acceptors (Lipinski definition) is 3. The number of carbonyl (C=O) groups is 2. The van der Waals surface area contributed by atoms with Gasteiger partial charge in [0, 0.05) is 18.6 Å². The Morgan fingerprint density at radius 1 is 1.00 bits per heavy atom. The Morgan fingerprint density at radius 2 is 1.77 bits per heavy atom. The number of unbranched alkanes of at least 4 members (excludes halogenated alkanes) is 1. The molecule has 0 unspecified atom stereocenters. The Balaban J connectivity index is 1.55. The number of benzene rings is 3. The molecule has 0 saturated heterocycles. The third kappa shape index (κ3) is 8.70. The lowest BCUT2D eigenvalue weighted by Gasteiger charge is -2.19. The number of amides is 1. The molecule has 0 spiro atoms. The summed E-state index contributed by atoms with van der Waals surface area (Å²) in [6, 6.07) is 22.2. The van der Waals surface area contributed by atoms with Crippen LogP contribution in [0.3, 0.4) is 0 Å². The van der Waals surface area contributed by atoms with Gasteiger partial charge >= 0.3 is 5.97 Å². The summed E-state index contributed by atoms with van der Waals surface area (Å²) < 4.78 is 7.34. The first kappa shape index (κ1) is 32.3. The van der Waals surface area contributed by atoms with Gasteiger partial charge in [0.1, 0.15) is 5.75 Å². The number of ether oxygens (including phenoxy) is 1. The van der Waals surface area contributed by atoms with Crippen LogP contribution in [0.25, 0.3) is 11.1 Å². The second-order valence-corrected chi connectivity index (χ2v) is 12.3. The molecule has 0 bridgehead atoms. The lowest BCUT2D eigenvalue weighted by atomic mass is 9.87. The average Bonchev–Trinajstić information content (AvgIpc) is 3.19. The number of allylic oxidation sites excluding steroid dienone is 2. The van der Waals surface area contributed by atoms with E-state index in [0.29, 0.717) is 18.1 Å². The van der Waals surface area contributed by atoms with E-state index in [4.69, 9.17) is 4.74 Å². The molecule has 226 valence electrons. The number of fused-ring (bicyclic) bond motifs is 1. The van der Waals surface area contributed by atoms with E-state index < -0.39 is 5.97 Å². The standard InChI is InChI=1S/C37H42BrNO4/c1-4-11-26(12-6-5-7-17-35(40)39(2)3)25-43-30-21-18-27(19-22-30)36-31-23-20-29(37(41)42)24-28(31)13-10-15-33(36)32-14-8-9-16-34(32)38/h7-9,14,16-24,26H,4-6,10-13,15,25H2,1-3H3,(H,41,42)/b17-7+/t26-/m0/s1. The largest absolute Gasteiger partial charge is 0.493 e. The Morgan fingerprint density at radius 3 is 2.47 bits per heavy atom. The van der Waals surface area contributed by atoms with Gasteiger partial charge in [0.2, 0.25) is 5.91 Å². The predicted molar refractivity (Wildman–Crippen MR) is 178 cm³/mol. The highest BCUT2D eigenvalue weighted by atomic mass is 79.9. The number of carboxylic acids is 1. The molecular formula is C37H42BrNO4. The van der Waals surface area contributed by atoms with Crippen LogP contribution in [0, 0.1) is 5.92 Å². The van der Waals surface area contributed by atoms with E-state index in [1.807, 2.05) is 24.3 Å². The van der Waals surface area contributed by atoms with Gasteiger partial charge in [0.05, 0.1) is 12.2 Å². The molecule has 4 rings (SSSR count). The molecule has 3 aromatic rings. The molecule has 1 atom stereocenters. The highest BCUT2D eigenvalue weighted by Crippen LogP contribution is 2.42. The molecule has 6 heteroatoms. The van der Waals surface area contributed by atoms with Gasteiger partial charge in [-0.1, -0.05) is 71.7 Å². The number of likely N-dealkylation sites (N-methyl/N-ethyl adjacent to an activating group) is 1. The Kier molecular flexibility index (Phi) is 11.8. The zero-order valence-electron chi connectivity index (χ0n) is 25.4. The van der Waals surface area contributed by atoms with E-state index in [-0.39, 0.29) is 5.91 Å². The molecule has 1 aliphatic rings. The average molecular weight is 645 g/mol. The van der Waals surface area contributed by atoms with Crippen molar-refractivity contribution in [1.29, 1.82) is 0 Å². The summed E-state index contributed by atoms with van der Waals surface area (Å²) in [5.74, 6) is 0.430. The quantitative estimate of drug-likeness (QED) is 0.149. The van der Waals surface area contributed by atoms with Crippen molar-refractivity contribution in [3.63, 3.8) is 0 Å². The number of nitrogens with zero attached hydrogens (tertiary/aromatic N) is 1. The first-order chi connectivity index (χ1) is 20.8. The lowest BCUT2D eigenvalue weighted by molar-refractivity contribution is -0.123. The van der Waals surface area contributed by atoms with Crippen molar-refractivity contribution >= 4 is 39.0 Å². The number of aryl methyl sites for hydroxylation is 1. The molecule has 0 heterocycles. The van der Waals surface area contributed by atoms with Crippen LogP contribution in [0.2, 0.25) is 0 Å². The van der Waals surface area contributed by atoms with Crippen molar-refractivity contribution < 1.29 is 19.4 Å². The number of halogens is 1. The van der Waals surface area contributed by atoms with E-state index in [1.54, 1.807) is 31.1 Å². The van der Waals surface area contributed by atoms with Crippen LogP contribution in [-0.2, 0) is 11.2 Å². The molecule has 1 N–H and O–H groups in total. The zero-order valence-corrected chi connectivity index (χ0v) is 27.0. The van der Waals surface area contributed by atoms with Crippen LogP contribution in [0.5, 0.6) is 5.75 Å². The second kappa shape index (κ2) is 15.7. The normalized spacial score (nSPS) is 13.9. The molecule has 0 aromatic heterocycles. The lowest BCUT2D eigenvalue weighted by Crippen LogP contribution is -2.18. The summed E-state index contributed by atoms with van der Waals surface area (Å²) in [7, 11) is 3.52. The number of rotatable bonds is 13. The maximum atomic E-state index is 11.7. The van der Waals surface area contributed by atoms with Crippen LogP contribution < -0.4 is 4.74 Å². The minimum Gasteiger partial charge on any atom is -0.493 e. The highest BCUT2D eigenvalue weighted by molar-refractivity contribution is 9.10. The molecule has 0 fully saturated rings. The number of carbonyl (C=O) groups excluding carboxylic acids is 1. The summed E-state index contributed by atoms with van der Waals surface area (Å²) in [6.07, 6.45) is 11.5. The van der Waals surface area contributed by atoms with Gasteiger partial charge in [-0.25, -0.2) is 4.79 Å². The van der Waals surface area contributed by atoms with Crippen LogP contribution >= 0.6 is 15.9 Å². The summed E-state index contributed by atoms with van der Waals surface area (Å²) in [5, 5.41) is 9.62. The van der Waals surface area contributed by atoms with Crippen molar-refractivity contribution in [2.75, 3.05) is 20.7 Å². The maximum Gasteiger partial charge on any atom is 0.335 e. The van der Waals surface area contributed by atoms with Gasteiger partial charge < -0.3 is 14.7 Å². The van der Waals surface area contributed by atoms with E-state index in [2.05, 4.69) is 65.3 Å². The third-order valence-electron chi connectivity index (χ3n) is 8.01. The van der Waals surface area contributed by atoms with Crippen LogP contribution in [0.15, 0.2) is 83.4 Å². The second-order valence-electron chi connectivity index (χ2n) is 11.4. The van der Waals surface area contributed by atoms with Crippen LogP contribution in [0.4, 0.5) is 0 Å². The minimum absolute atomic E-state index is 0.0218. The van der Waals surface area contributed by atoms with Crippen molar-refractivity contribution in [3.8, 4) is 5.75 Å². The highest BCUT2D eigenvalue weighted by Gasteiger charge is 2.22. The molecule has 1 aliphatic carbocycles. The molecule has 5 nitrogen and oxygen atoms in total. The Hall–Kier alpha value is -3.64. The molecule has 43 heavy (non-hydrogen) atoms. The number of aromatic carboxylic acids is 1. The minimum atomic E-state index is -0.901. The Labute approximate surface area is 264 Å². The molecule has 0 radical (unpaired) electrons.